The maximum absolute atomic E-state index is 13.2. The number of nitrogen functional groups attached to an aromatic ring is 1. The van der Waals surface area contributed by atoms with Gasteiger partial charge in [0, 0.05) is 19.2 Å². The largest absolute Gasteiger partial charge is 0.397 e. The van der Waals surface area contributed by atoms with Crippen molar-refractivity contribution >= 4 is 27.3 Å². The first-order valence-corrected chi connectivity index (χ1v) is 5.98. The van der Waals surface area contributed by atoms with E-state index in [4.69, 9.17) is 10.5 Å². The zero-order valence-corrected chi connectivity index (χ0v) is 10.6. The molecular formula is C11H14BrFN2O. The number of ether oxygens (including phenoxy) is 1. The highest BCUT2D eigenvalue weighted by Crippen LogP contribution is 2.30. The summed E-state index contributed by atoms with van der Waals surface area (Å²) < 4.78 is 19.1. The molecule has 1 aliphatic rings. The van der Waals surface area contributed by atoms with E-state index in [-0.39, 0.29) is 11.9 Å². The zero-order chi connectivity index (χ0) is 11.7. The van der Waals surface area contributed by atoms with Gasteiger partial charge in [0.2, 0.25) is 0 Å². The van der Waals surface area contributed by atoms with Crippen LogP contribution in [0.1, 0.15) is 6.92 Å². The maximum atomic E-state index is 13.2. The summed E-state index contributed by atoms with van der Waals surface area (Å²) in [6.07, 6.45) is 0.178. The Bertz CT molecular complexity index is 400. The van der Waals surface area contributed by atoms with Crippen molar-refractivity contribution in [1.82, 2.24) is 0 Å². The van der Waals surface area contributed by atoms with Gasteiger partial charge in [-0.1, -0.05) is 0 Å². The predicted octanol–water partition coefficient (Wildman–Crippen LogP) is 2.40. The second kappa shape index (κ2) is 4.59. The van der Waals surface area contributed by atoms with Gasteiger partial charge in [0.05, 0.1) is 28.6 Å². The number of hydrogen-bond acceptors (Lipinski definition) is 3. The van der Waals surface area contributed by atoms with E-state index >= 15 is 0 Å². The van der Waals surface area contributed by atoms with Crippen molar-refractivity contribution in [2.45, 2.75) is 13.0 Å². The molecule has 88 valence electrons. The highest BCUT2D eigenvalue weighted by molar-refractivity contribution is 9.10. The Balaban J connectivity index is 2.29. The average Bonchev–Trinajstić information content (AvgIpc) is 2.23. The number of morpholine rings is 1. The number of anilines is 2. The standard InChI is InChI=1S/C11H14BrFN2O/c1-7-6-15(2-3-16-7)11-4-8(12)9(13)5-10(11)14/h4-5,7H,2-3,6,14H2,1H3. The summed E-state index contributed by atoms with van der Waals surface area (Å²) in [6.45, 7) is 4.26. The van der Waals surface area contributed by atoms with Gasteiger partial charge in [-0.3, -0.25) is 0 Å². The Hall–Kier alpha value is -0.810. The van der Waals surface area contributed by atoms with Crippen LogP contribution in [0.5, 0.6) is 0 Å². The number of hydrogen-bond donors (Lipinski definition) is 1. The van der Waals surface area contributed by atoms with Crippen molar-refractivity contribution in [2.75, 3.05) is 30.3 Å². The molecule has 0 bridgehead atoms. The number of nitrogens with zero attached hydrogens (tertiary/aromatic N) is 1. The molecule has 1 aromatic rings. The van der Waals surface area contributed by atoms with Crippen LogP contribution in [0.2, 0.25) is 0 Å². The first kappa shape index (κ1) is 11.7. The normalized spacial score (nSPS) is 21.2. The lowest BCUT2D eigenvalue weighted by atomic mass is 10.2. The zero-order valence-electron chi connectivity index (χ0n) is 9.04. The minimum atomic E-state index is -0.331. The summed E-state index contributed by atoms with van der Waals surface area (Å²) in [5, 5.41) is 0. The molecule has 0 aromatic heterocycles. The van der Waals surface area contributed by atoms with Crippen LogP contribution >= 0.6 is 15.9 Å². The summed E-state index contributed by atoms with van der Waals surface area (Å²) in [5.74, 6) is -0.331. The van der Waals surface area contributed by atoms with Gasteiger partial charge in [0.15, 0.2) is 0 Å². The Kier molecular flexibility index (Phi) is 3.35. The van der Waals surface area contributed by atoms with E-state index in [2.05, 4.69) is 20.8 Å². The van der Waals surface area contributed by atoms with Crippen molar-refractivity contribution < 1.29 is 9.13 Å². The van der Waals surface area contributed by atoms with Crippen molar-refractivity contribution in [3.05, 3.63) is 22.4 Å². The van der Waals surface area contributed by atoms with Crippen molar-refractivity contribution in [1.29, 1.82) is 0 Å². The third-order valence-corrected chi connectivity index (χ3v) is 3.26. The molecule has 16 heavy (non-hydrogen) atoms. The van der Waals surface area contributed by atoms with Gasteiger partial charge >= 0.3 is 0 Å². The second-order valence-electron chi connectivity index (χ2n) is 3.95. The van der Waals surface area contributed by atoms with Crippen molar-refractivity contribution in [3.63, 3.8) is 0 Å². The van der Waals surface area contributed by atoms with Gasteiger partial charge < -0.3 is 15.4 Å². The van der Waals surface area contributed by atoms with Crippen molar-refractivity contribution in [2.24, 2.45) is 0 Å². The van der Waals surface area contributed by atoms with Crippen LogP contribution in [0, 0.1) is 5.82 Å². The first-order chi connectivity index (χ1) is 7.58. The van der Waals surface area contributed by atoms with E-state index in [1.807, 2.05) is 6.92 Å². The summed E-state index contributed by atoms with van der Waals surface area (Å²) in [6, 6.07) is 3.07. The molecule has 1 unspecified atom stereocenters. The lowest BCUT2D eigenvalue weighted by Crippen LogP contribution is -2.41. The molecule has 1 aromatic carbocycles. The first-order valence-electron chi connectivity index (χ1n) is 5.19. The van der Waals surface area contributed by atoms with E-state index in [1.165, 1.54) is 6.07 Å². The maximum Gasteiger partial charge on any atom is 0.139 e. The molecular weight excluding hydrogens is 275 g/mol. The van der Waals surface area contributed by atoms with E-state index in [1.54, 1.807) is 6.07 Å². The fourth-order valence-electron chi connectivity index (χ4n) is 1.86. The SMILES string of the molecule is CC1CN(c2cc(Br)c(F)cc2N)CCO1. The molecule has 0 saturated carbocycles. The van der Waals surface area contributed by atoms with Gasteiger partial charge in [-0.05, 0) is 28.9 Å². The lowest BCUT2D eigenvalue weighted by Gasteiger charge is -2.33. The number of nitrogens with two attached hydrogens (primary N) is 1. The third-order valence-electron chi connectivity index (χ3n) is 2.65. The number of benzene rings is 1. The summed E-state index contributed by atoms with van der Waals surface area (Å²) in [4.78, 5) is 2.12. The van der Waals surface area contributed by atoms with Crippen LogP contribution in [-0.2, 0) is 4.74 Å². The fourth-order valence-corrected chi connectivity index (χ4v) is 2.19. The fraction of sp³-hybridized carbons (Fsp3) is 0.455. The van der Waals surface area contributed by atoms with Crippen LogP contribution in [0.25, 0.3) is 0 Å². The average molecular weight is 289 g/mol. The molecule has 0 spiro atoms. The monoisotopic (exact) mass is 288 g/mol. The number of halogens is 2. The second-order valence-corrected chi connectivity index (χ2v) is 4.81. The molecule has 1 heterocycles. The van der Waals surface area contributed by atoms with Crippen LogP contribution < -0.4 is 10.6 Å². The van der Waals surface area contributed by atoms with Crippen LogP contribution in [0.4, 0.5) is 15.8 Å². The van der Waals surface area contributed by atoms with E-state index < -0.39 is 0 Å². The van der Waals surface area contributed by atoms with Gasteiger partial charge in [-0.2, -0.15) is 0 Å². The summed E-state index contributed by atoms with van der Waals surface area (Å²) in [7, 11) is 0. The summed E-state index contributed by atoms with van der Waals surface area (Å²) >= 11 is 3.17. The highest BCUT2D eigenvalue weighted by atomic mass is 79.9. The molecule has 1 atom stereocenters. The van der Waals surface area contributed by atoms with Gasteiger partial charge in [0.25, 0.3) is 0 Å². The Morgan fingerprint density at radius 3 is 3.00 bits per heavy atom. The van der Waals surface area contributed by atoms with E-state index in [0.717, 1.165) is 18.8 Å². The van der Waals surface area contributed by atoms with Crippen LogP contribution in [0.15, 0.2) is 16.6 Å². The molecule has 1 fully saturated rings. The quantitative estimate of drug-likeness (QED) is 0.807. The van der Waals surface area contributed by atoms with Crippen molar-refractivity contribution in [3.8, 4) is 0 Å². The van der Waals surface area contributed by atoms with Crippen LogP contribution in [0.3, 0.4) is 0 Å². The molecule has 1 saturated heterocycles. The Labute approximate surface area is 102 Å². The molecule has 0 radical (unpaired) electrons. The molecule has 5 heteroatoms. The topological polar surface area (TPSA) is 38.5 Å². The lowest BCUT2D eigenvalue weighted by molar-refractivity contribution is 0.0533. The molecule has 0 amide bonds. The predicted molar refractivity (Wildman–Crippen MR) is 66.1 cm³/mol. The highest BCUT2D eigenvalue weighted by Gasteiger charge is 2.19. The molecule has 1 aliphatic heterocycles. The molecule has 2 rings (SSSR count). The summed E-state index contributed by atoms with van der Waals surface area (Å²) in [5.41, 5.74) is 7.15. The van der Waals surface area contributed by atoms with E-state index in [9.17, 15) is 4.39 Å². The van der Waals surface area contributed by atoms with Gasteiger partial charge in [-0.25, -0.2) is 4.39 Å². The Morgan fingerprint density at radius 1 is 1.56 bits per heavy atom. The molecule has 2 N–H and O–H groups in total. The Morgan fingerprint density at radius 2 is 2.31 bits per heavy atom. The molecule has 3 nitrogen and oxygen atoms in total. The molecule has 0 aliphatic carbocycles. The minimum absolute atomic E-state index is 0.178. The van der Waals surface area contributed by atoms with Crippen LogP contribution in [-0.4, -0.2) is 25.8 Å². The third kappa shape index (κ3) is 2.30. The van der Waals surface area contributed by atoms with E-state index in [0.29, 0.717) is 16.8 Å². The number of rotatable bonds is 1. The minimum Gasteiger partial charge on any atom is -0.397 e. The smallest absolute Gasteiger partial charge is 0.139 e. The van der Waals surface area contributed by atoms with Gasteiger partial charge in [-0.15, -0.1) is 0 Å². The van der Waals surface area contributed by atoms with Gasteiger partial charge in [0.1, 0.15) is 5.82 Å².